The van der Waals surface area contributed by atoms with Crippen LogP contribution in [-0.4, -0.2) is 29.4 Å². The van der Waals surface area contributed by atoms with Gasteiger partial charge in [-0.15, -0.1) is 5.10 Å². The largest absolute Gasteiger partial charge is 0.495 e. The maximum absolute atomic E-state index is 6.16. The van der Waals surface area contributed by atoms with Crippen molar-refractivity contribution in [2.75, 3.05) is 24.9 Å². The summed E-state index contributed by atoms with van der Waals surface area (Å²) >= 11 is 6.16. The average molecular weight is 386 g/mol. The van der Waals surface area contributed by atoms with Crippen molar-refractivity contribution in [1.29, 1.82) is 0 Å². The van der Waals surface area contributed by atoms with Gasteiger partial charge in [0.25, 0.3) is 0 Å². The van der Waals surface area contributed by atoms with Gasteiger partial charge >= 0.3 is 0 Å². The van der Waals surface area contributed by atoms with Crippen LogP contribution in [0.3, 0.4) is 0 Å². The minimum absolute atomic E-state index is 0.341. The van der Waals surface area contributed by atoms with E-state index in [0.29, 0.717) is 28.3 Å². The van der Waals surface area contributed by atoms with Crippen LogP contribution in [0.5, 0.6) is 11.5 Å². The van der Waals surface area contributed by atoms with Gasteiger partial charge in [-0.05, 0) is 43.2 Å². The molecule has 0 radical (unpaired) electrons. The molecular formula is C19H20ClN5O2. The summed E-state index contributed by atoms with van der Waals surface area (Å²) in [7, 11) is 3.20. The summed E-state index contributed by atoms with van der Waals surface area (Å²) in [5, 5.41) is 15.0. The van der Waals surface area contributed by atoms with E-state index < -0.39 is 0 Å². The molecule has 0 aliphatic carbocycles. The Labute approximate surface area is 162 Å². The van der Waals surface area contributed by atoms with Gasteiger partial charge in [-0.1, -0.05) is 17.7 Å². The second-order valence-electron chi connectivity index (χ2n) is 5.92. The van der Waals surface area contributed by atoms with Crippen LogP contribution in [0.4, 0.5) is 23.1 Å². The lowest BCUT2D eigenvalue weighted by Crippen LogP contribution is -2.04. The molecule has 0 spiro atoms. The van der Waals surface area contributed by atoms with Crippen molar-refractivity contribution >= 4 is 34.7 Å². The molecule has 140 valence electrons. The molecule has 0 aliphatic heterocycles. The van der Waals surface area contributed by atoms with Gasteiger partial charge in [0, 0.05) is 11.1 Å². The lowest BCUT2D eigenvalue weighted by atomic mass is 10.2. The van der Waals surface area contributed by atoms with Gasteiger partial charge in [0.2, 0.25) is 5.95 Å². The minimum Gasteiger partial charge on any atom is -0.495 e. The first-order valence-electron chi connectivity index (χ1n) is 8.22. The first kappa shape index (κ1) is 18.7. The van der Waals surface area contributed by atoms with E-state index in [1.807, 2.05) is 38.1 Å². The monoisotopic (exact) mass is 385 g/mol. The Morgan fingerprint density at radius 1 is 0.926 bits per heavy atom. The van der Waals surface area contributed by atoms with Gasteiger partial charge < -0.3 is 20.1 Å². The normalized spacial score (nSPS) is 10.4. The van der Waals surface area contributed by atoms with Crippen molar-refractivity contribution in [2.24, 2.45) is 0 Å². The van der Waals surface area contributed by atoms with Gasteiger partial charge in [-0.25, -0.2) is 0 Å². The Balaban J connectivity index is 1.87. The fourth-order valence-electron chi connectivity index (χ4n) is 2.52. The zero-order chi connectivity index (χ0) is 19.4. The number of nitrogens with one attached hydrogen (secondary N) is 2. The number of nitrogens with zero attached hydrogens (tertiary/aromatic N) is 3. The first-order chi connectivity index (χ1) is 13.0. The molecule has 8 heteroatoms. The van der Waals surface area contributed by atoms with Crippen LogP contribution in [-0.2, 0) is 0 Å². The Kier molecular flexibility index (Phi) is 5.61. The van der Waals surface area contributed by atoms with Crippen LogP contribution in [0.15, 0.2) is 36.5 Å². The molecule has 0 fully saturated rings. The molecule has 7 nitrogen and oxygen atoms in total. The molecular weight excluding hydrogens is 366 g/mol. The predicted octanol–water partition coefficient (Wildman–Crippen LogP) is 4.65. The van der Waals surface area contributed by atoms with Gasteiger partial charge in [0.05, 0.1) is 31.8 Å². The molecule has 3 rings (SSSR count). The van der Waals surface area contributed by atoms with E-state index in [1.165, 1.54) is 6.20 Å². The van der Waals surface area contributed by atoms with E-state index in [2.05, 4.69) is 25.8 Å². The number of aromatic nitrogens is 3. The maximum atomic E-state index is 6.16. The summed E-state index contributed by atoms with van der Waals surface area (Å²) in [6.45, 7) is 3.92. The molecule has 0 amide bonds. The van der Waals surface area contributed by atoms with Crippen LogP contribution in [0.25, 0.3) is 0 Å². The Morgan fingerprint density at radius 3 is 2.41 bits per heavy atom. The smallest absolute Gasteiger partial charge is 0.249 e. The van der Waals surface area contributed by atoms with Crippen molar-refractivity contribution in [3.8, 4) is 11.5 Å². The Morgan fingerprint density at radius 2 is 1.67 bits per heavy atom. The van der Waals surface area contributed by atoms with Crippen molar-refractivity contribution in [3.05, 3.63) is 52.7 Å². The molecule has 0 aliphatic rings. The third-order valence-electron chi connectivity index (χ3n) is 3.90. The van der Waals surface area contributed by atoms with Crippen molar-refractivity contribution in [2.45, 2.75) is 13.8 Å². The van der Waals surface area contributed by atoms with Crippen LogP contribution < -0.4 is 20.1 Å². The molecule has 0 bridgehead atoms. The van der Waals surface area contributed by atoms with Gasteiger partial charge in [0.15, 0.2) is 5.82 Å². The molecule has 2 aromatic carbocycles. The Hall–Kier alpha value is -3.06. The number of rotatable bonds is 6. The second kappa shape index (κ2) is 8.09. The fourth-order valence-corrected chi connectivity index (χ4v) is 2.68. The van der Waals surface area contributed by atoms with Crippen LogP contribution >= 0.6 is 11.6 Å². The fraction of sp³-hybridized carbons (Fsp3) is 0.211. The van der Waals surface area contributed by atoms with E-state index >= 15 is 0 Å². The summed E-state index contributed by atoms with van der Waals surface area (Å²) in [4.78, 5) is 4.46. The summed E-state index contributed by atoms with van der Waals surface area (Å²) in [5.41, 5.74) is 3.50. The topological polar surface area (TPSA) is 81.2 Å². The zero-order valence-electron chi connectivity index (χ0n) is 15.5. The van der Waals surface area contributed by atoms with E-state index in [1.54, 1.807) is 20.3 Å². The van der Waals surface area contributed by atoms with Gasteiger partial charge in [-0.3, -0.25) is 0 Å². The van der Waals surface area contributed by atoms with Crippen LogP contribution in [0.2, 0.25) is 5.02 Å². The number of halogens is 1. The first-order valence-corrected chi connectivity index (χ1v) is 8.60. The molecule has 0 saturated carbocycles. The Bertz CT molecular complexity index is 965. The third kappa shape index (κ3) is 4.38. The van der Waals surface area contributed by atoms with E-state index in [4.69, 9.17) is 21.1 Å². The van der Waals surface area contributed by atoms with E-state index in [-0.39, 0.29) is 0 Å². The highest BCUT2D eigenvalue weighted by atomic mass is 35.5. The summed E-state index contributed by atoms with van der Waals surface area (Å²) in [5.74, 6) is 2.16. The highest BCUT2D eigenvalue weighted by Gasteiger charge is 2.10. The highest BCUT2D eigenvalue weighted by Crippen LogP contribution is 2.33. The maximum Gasteiger partial charge on any atom is 0.249 e. The summed E-state index contributed by atoms with van der Waals surface area (Å²) in [6, 6.07) is 9.45. The van der Waals surface area contributed by atoms with Crippen molar-refractivity contribution in [1.82, 2.24) is 15.2 Å². The molecule has 0 atom stereocenters. The third-order valence-corrected chi connectivity index (χ3v) is 4.31. The molecule has 0 unspecified atom stereocenters. The molecule has 1 heterocycles. The number of anilines is 4. The zero-order valence-corrected chi connectivity index (χ0v) is 16.3. The lowest BCUT2D eigenvalue weighted by molar-refractivity contribution is 0.416. The summed E-state index contributed by atoms with van der Waals surface area (Å²) in [6.07, 6.45) is 1.53. The van der Waals surface area contributed by atoms with Gasteiger partial charge in [-0.2, -0.15) is 10.1 Å². The second-order valence-corrected chi connectivity index (χ2v) is 6.33. The quantitative estimate of drug-likeness (QED) is 0.639. The van der Waals surface area contributed by atoms with Crippen LogP contribution in [0.1, 0.15) is 11.1 Å². The highest BCUT2D eigenvalue weighted by molar-refractivity contribution is 6.31. The van der Waals surface area contributed by atoms with E-state index in [0.717, 1.165) is 22.5 Å². The van der Waals surface area contributed by atoms with E-state index in [9.17, 15) is 0 Å². The minimum atomic E-state index is 0.341. The molecule has 27 heavy (non-hydrogen) atoms. The lowest BCUT2D eigenvalue weighted by Gasteiger charge is -2.13. The molecule has 0 saturated heterocycles. The number of hydrogen-bond donors (Lipinski definition) is 2. The predicted molar refractivity (Wildman–Crippen MR) is 107 cm³/mol. The number of hydrogen-bond acceptors (Lipinski definition) is 7. The number of aryl methyl sites for hydroxylation is 2. The molecule has 3 aromatic rings. The summed E-state index contributed by atoms with van der Waals surface area (Å²) < 4.78 is 10.7. The standard InChI is InChI=1S/C19H20ClN5O2/c1-11-5-6-16(26-3)14(7-11)23-19-24-18(10-21-25-19)22-15-8-12(2)13(20)9-17(15)27-4/h5-10H,1-4H3,(H2,22,23,24,25). The van der Waals surface area contributed by atoms with Gasteiger partial charge in [0.1, 0.15) is 11.5 Å². The van der Waals surface area contributed by atoms with Crippen LogP contribution in [0, 0.1) is 13.8 Å². The molecule has 1 aromatic heterocycles. The molecule has 2 N–H and O–H groups in total. The average Bonchev–Trinajstić information content (AvgIpc) is 2.65. The SMILES string of the molecule is COc1cc(Cl)c(C)cc1Nc1cnnc(Nc2cc(C)ccc2OC)n1. The van der Waals surface area contributed by atoms with Crippen molar-refractivity contribution in [3.63, 3.8) is 0 Å². The van der Waals surface area contributed by atoms with Crippen molar-refractivity contribution < 1.29 is 9.47 Å². The number of ether oxygens (including phenoxy) is 2. The number of methoxy groups -OCH3 is 2. The number of benzene rings is 2.